The normalized spacial score (nSPS) is 23.1. The zero-order valence-electron chi connectivity index (χ0n) is 7.17. The van der Waals surface area contributed by atoms with Gasteiger partial charge in [0.15, 0.2) is 0 Å². The number of hydrogen-bond acceptors (Lipinski definition) is 0. The molecule has 1 unspecified atom stereocenters. The highest BCUT2D eigenvalue weighted by Gasteiger charge is 2.13. The fourth-order valence-corrected chi connectivity index (χ4v) is 2.19. The number of rotatable bonds is 1. The highest BCUT2D eigenvalue weighted by Crippen LogP contribution is 2.13. The second-order valence-corrected chi connectivity index (χ2v) is 4.00. The quantitative estimate of drug-likeness (QED) is 0.418. The van der Waals surface area contributed by atoms with Crippen molar-refractivity contribution in [2.24, 2.45) is 5.92 Å². The van der Waals surface area contributed by atoms with Crippen LogP contribution in [0.15, 0.2) is 36.1 Å². The van der Waals surface area contributed by atoms with Crippen molar-refractivity contribution in [3.8, 4) is 11.8 Å². The lowest BCUT2D eigenvalue weighted by atomic mass is 9.95. The Kier molecular flexibility index (Phi) is 3.26. The fourth-order valence-electron chi connectivity index (χ4n) is 1.19. The van der Waals surface area contributed by atoms with E-state index >= 15 is 0 Å². The van der Waals surface area contributed by atoms with Crippen LogP contribution in [0.2, 0.25) is 0 Å². The van der Waals surface area contributed by atoms with Crippen LogP contribution in [0.5, 0.6) is 0 Å². The molecule has 0 aliphatic heterocycles. The smallest absolute Gasteiger partial charge is 0.0615 e. The van der Waals surface area contributed by atoms with Crippen LogP contribution in [0.1, 0.15) is 0 Å². The van der Waals surface area contributed by atoms with Gasteiger partial charge in [0.2, 0.25) is 0 Å². The molecule has 2 radical (unpaired) electrons. The van der Waals surface area contributed by atoms with Gasteiger partial charge in [-0.25, -0.2) is 0 Å². The minimum Gasteiger partial charge on any atom is -0.104 e. The standard InChI is InChI=1S/C12H8Si/c1-4-10-8-7-9-11(5-2)12(10)13-6-3/h6-10,13H,3H2. The van der Waals surface area contributed by atoms with Gasteiger partial charge in [0.05, 0.1) is 5.92 Å². The molecule has 1 aliphatic carbocycles. The first-order valence-corrected chi connectivity index (χ1v) is 5.14. The summed E-state index contributed by atoms with van der Waals surface area (Å²) in [6.45, 7) is 3.68. The zero-order chi connectivity index (χ0) is 9.68. The molecule has 1 atom stereocenters. The molecule has 0 nitrogen and oxygen atoms in total. The van der Waals surface area contributed by atoms with E-state index in [1.54, 1.807) is 0 Å². The van der Waals surface area contributed by atoms with E-state index in [0.717, 1.165) is 10.7 Å². The maximum atomic E-state index is 7.11. The number of hydrogen-bond donors (Lipinski definition) is 0. The molecule has 0 saturated heterocycles. The molecular weight excluding hydrogens is 172 g/mol. The van der Waals surface area contributed by atoms with E-state index in [0.29, 0.717) is 0 Å². The van der Waals surface area contributed by atoms with Gasteiger partial charge in [0, 0.05) is 14.7 Å². The first-order valence-electron chi connectivity index (χ1n) is 3.90. The van der Waals surface area contributed by atoms with Crippen LogP contribution in [0.3, 0.4) is 0 Å². The van der Waals surface area contributed by atoms with E-state index in [2.05, 4.69) is 18.4 Å². The predicted octanol–water partition coefficient (Wildman–Crippen LogP) is 1.03. The molecule has 0 amide bonds. The molecule has 1 heteroatoms. The molecule has 1 aliphatic rings. The van der Waals surface area contributed by atoms with Crippen LogP contribution < -0.4 is 0 Å². The topological polar surface area (TPSA) is 0 Å². The van der Waals surface area contributed by atoms with Crippen molar-refractivity contribution in [2.45, 2.75) is 0 Å². The van der Waals surface area contributed by atoms with E-state index in [9.17, 15) is 0 Å². The van der Waals surface area contributed by atoms with Crippen molar-refractivity contribution in [3.63, 3.8) is 0 Å². The van der Waals surface area contributed by atoms with Gasteiger partial charge in [0.25, 0.3) is 0 Å². The maximum absolute atomic E-state index is 7.11. The van der Waals surface area contributed by atoms with Gasteiger partial charge in [-0.2, -0.15) is 0 Å². The highest BCUT2D eigenvalue weighted by molar-refractivity contribution is 6.63. The largest absolute Gasteiger partial charge is 0.104 e. The maximum Gasteiger partial charge on any atom is 0.0615 e. The first kappa shape index (κ1) is 9.51. The Labute approximate surface area is 81.5 Å². The van der Waals surface area contributed by atoms with Gasteiger partial charge < -0.3 is 0 Å². The van der Waals surface area contributed by atoms with Gasteiger partial charge in [0.1, 0.15) is 0 Å². The Hall–Kier alpha value is -1.57. The van der Waals surface area contributed by atoms with Crippen LogP contribution in [0.25, 0.3) is 0 Å². The summed E-state index contributed by atoms with van der Waals surface area (Å²) in [6, 6.07) is 0. The van der Waals surface area contributed by atoms with Crippen LogP contribution in [-0.2, 0) is 0 Å². The summed E-state index contributed by atoms with van der Waals surface area (Å²) in [4.78, 5) is 0. The minimum atomic E-state index is -0.0779. The Morgan fingerprint density at radius 3 is 2.85 bits per heavy atom. The summed E-state index contributed by atoms with van der Waals surface area (Å²) in [7, 11) is -0.0553. The molecule has 0 bridgehead atoms. The van der Waals surface area contributed by atoms with Gasteiger partial charge in [-0.3, -0.25) is 0 Å². The van der Waals surface area contributed by atoms with Crippen molar-refractivity contribution in [1.82, 2.24) is 0 Å². The van der Waals surface area contributed by atoms with Crippen LogP contribution in [0.4, 0.5) is 0 Å². The lowest BCUT2D eigenvalue weighted by Gasteiger charge is -2.13. The Balaban J connectivity index is 3.14. The molecule has 13 heavy (non-hydrogen) atoms. The molecule has 0 spiro atoms. The van der Waals surface area contributed by atoms with E-state index in [-0.39, 0.29) is 15.0 Å². The van der Waals surface area contributed by atoms with Crippen LogP contribution in [0, 0.1) is 30.6 Å². The third-order valence-corrected chi connectivity index (χ3v) is 3.07. The summed E-state index contributed by atoms with van der Waals surface area (Å²) in [5.74, 6) is 4.74. The summed E-state index contributed by atoms with van der Waals surface area (Å²) < 4.78 is 0. The summed E-state index contributed by atoms with van der Waals surface area (Å²) in [6.07, 6.45) is 19.8. The highest BCUT2D eigenvalue weighted by atomic mass is 28.2. The molecular formula is C12H8Si. The molecule has 0 aromatic rings. The average molecular weight is 180 g/mol. The molecule has 60 valence electrons. The molecule has 0 heterocycles. The third-order valence-electron chi connectivity index (χ3n) is 1.80. The lowest BCUT2D eigenvalue weighted by molar-refractivity contribution is 1.20. The van der Waals surface area contributed by atoms with Crippen molar-refractivity contribution in [1.29, 1.82) is 0 Å². The van der Waals surface area contributed by atoms with E-state index in [1.165, 1.54) is 0 Å². The lowest BCUT2D eigenvalue weighted by Crippen LogP contribution is -2.18. The van der Waals surface area contributed by atoms with Gasteiger partial charge in [-0.15, -0.1) is 6.58 Å². The summed E-state index contributed by atoms with van der Waals surface area (Å²) in [5.41, 5.74) is 2.63. The van der Waals surface area contributed by atoms with Crippen LogP contribution in [-0.4, -0.2) is 14.3 Å². The molecule has 0 fully saturated rings. The SMILES string of the molecule is [C]#CC1=CC=CC(C#[C])C1=[SiH]C=C. The second kappa shape index (κ2) is 4.45. The summed E-state index contributed by atoms with van der Waals surface area (Å²) in [5, 5.41) is 1.06. The van der Waals surface area contributed by atoms with E-state index in [1.807, 2.05) is 23.9 Å². The van der Waals surface area contributed by atoms with E-state index < -0.39 is 0 Å². The summed E-state index contributed by atoms with van der Waals surface area (Å²) >= 11 is 0. The Morgan fingerprint density at radius 2 is 2.31 bits per heavy atom. The fraction of sp³-hybridized carbons (Fsp3) is 0.0833. The Bertz CT molecular complexity index is 380. The van der Waals surface area contributed by atoms with Gasteiger partial charge >= 0.3 is 0 Å². The molecule has 0 aromatic carbocycles. The van der Waals surface area contributed by atoms with Crippen molar-refractivity contribution >= 4 is 14.3 Å². The molecule has 0 N–H and O–H groups in total. The van der Waals surface area contributed by atoms with Crippen LogP contribution >= 0.6 is 0 Å². The average Bonchev–Trinajstić information content (AvgIpc) is 2.18. The minimum absolute atomic E-state index is 0.0553. The third kappa shape index (κ3) is 1.96. The molecule has 0 saturated carbocycles. The van der Waals surface area contributed by atoms with Gasteiger partial charge in [-0.1, -0.05) is 29.7 Å². The predicted molar refractivity (Wildman–Crippen MR) is 57.3 cm³/mol. The van der Waals surface area contributed by atoms with Gasteiger partial charge in [-0.05, 0) is 24.1 Å². The molecule has 0 aromatic heterocycles. The molecule has 1 rings (SSSR count). The van der Waals surface area contributed by atoms with Crippen molar-refractivity contribution < 1.29 is 0 Å². The van der Waals surface area contributed by atoms with E-state index in [4.69, 9.17) is 12.8 Å². The number of allylic oxidation sites excluding steroid dienone is 4. The Morgan fingerprint density at radius 1 is 1.54 bits per heavy atom. The monoisotopic (exact) mass is 180 g/mol. The second-order valence-electron chi connectivity index (χ2n) is 2.57. The van der Waals surface area contributed by atoms with Crippen molar-refractivity contribution in [2.75, 3.05) is 0 Å². The first-order chi connectivity index (χ1) is 6.33. The zero-order valence-corrected chi connectivity index (χ0v) is 8.33. The van der Waals surface area contributed by atoms with Crippen molar-refractivity contribution in [3.05, 3.63) is 48.9 Å².